The summed E-state index contributed by atoms with van der Waals surface area (Å²) in [4.78, 5) is 10.0. The van der Waals surface area contributed by atoms with Crippen LogP contribution < -0.4 is 0 Å². The molecule has 0 aliphatic heterocycles. The van der Waals surface area contributed by atoms with Crippen LogP contribution in [-0.4, -0.2) is 24.4 Å². The monoisotopic (exact) mass is 194 g/mol. The molecule has 0 N–H and O–H groups in total. The number of halogens is 5. The number of rotatable bonds is 1. The van der Waals surface area contributed by atoms with Crippen LogP contribution in [0.15, 0.2) is 0 Å². The van der Waals surface area contributed by atoms with Crippen LogP contribution in [0, 0.1) is 0 Å². The van der Waals surface area contributed by atoms with Gasteiger partial charge in [0.05, 0.1) is 7.11 Å². The molecule has 2 nitrogen and oxygen atoms in total. The van der Waals surface area contributed by atoms with Gasteiger partial charge in [-0.1, -0.05) is 11.6 Å². The highest BCUT2D eigenvalue weighted by Gasteiger charge is 2.62. The standard InChI is InChI=1S/C4H3ClF4O2/c1-11-2(10)3(5,6)4(7,8)9/h1H3. The van der Waals surface area contributed by atoms with Gasteiger partial charge >= 0.3 is 17.3 Å². The van der Waals surface area contributed by atoms with Gasteiger partial charge in [-0.05, 0) is 0 Å². The first-order valence-electron chi connectivity index (χ1n) is 2.26. The summed E-state index contributed by atoms with van der Waals surface area (Å²) >= 11 is 4.20. The summed E-state index contributed by atoms with van der Waals surface area (Å²) in [6.07, 6.45) is -5.46. The van der Waals surface area contributed by atoms with Crippen molar-refractivity contribution in [3.63, 3.8) is 0 Å². The highest BCUT2D eigenvalue weighted by atomic mass is 35.5. The molecule has 0 heterocycles. The Balaban J connectivity index is 4.59. The predicted octanol–water partition coefficient (Wildman–Crippen LogP) is 1.63. The Bertz CT molecular complexity index is 164. The summed E-state index contributed by atoms with van der Waals surface area (Å²) in [6, 6.07) is 0. The second-order valence-corrected chi connectivity index (χ2v) is 2.08. The normalized spacial score (nSPS) is 17.3. The summed E-state index contributed by atoms with van der Waals surface area (Å²) in [5.41, 5.74) is 0. The van der Waals surface area contributed by atoms with E-state index in [1.165, 1.54) is 0 Å². The van der Waals surface area contributed by atoms with Crippen LogP contribution in [0.2, 0.25) is 0 Å². The second-order valence-electron chi connectivity index (χ2n) is 1.56. The molecule has 1 unspecified atom stereocenters. The zero-order valence-corrected chi connectivity index (χ0v) is 5.96. The molecule has 0 bridgehead atoms. The van der Waals surface area contributed by atoms with E-state index in [2.05, 4.69) is 16.3 Å². The first kappa shape index (κ1) is 10.5. The van der Waals surface area contributed by atoms with Crippen LogP contribution in [0.25, 0.3) is 0 Å². The maximum atomic E-state index is 12.2. The van der Waals surface area contributed by atoms with Crippen molar-refractivity contribution in [2.45, 2.75) is 11.3 Å². The molecule has 1 atom stereocenters. The Morgan fingerprint density at radius 2 is 1.73 bits per heavy atom. The van der Waals surface area contributed by atoms with Gasteiger partial charge in [-0.2, -0.15) is 13.2 Å². The highest BCUT2D eigenvalue weighted by Crippen LogP contribution is 2.38. The van der Waals surface area contributed by atoms with Crippen molar-refractivity contribution in [2.24, 2.45) is 0 Å². The Kier molecular flexibility index (Phi) is 2.71. The number of hydrogen-bond acceptors (Lipinski definition) is 2. The Morgan fingerprint density at radius 3 is 1.82 bits per heavy atom. The van der Waals surface area contributed by atoms with Crippen molar-refractivity contribution in [1.82, 2.24) is 0 Å². The molecule has 0 saturated heterocycles. The molecule has 0 radical (unpaired) electrons. The summed E-state index contributed by atoms with van der Waals surface area (Å²) in [5, 5.41) is -4.44. The molecule has 0 aliphatic rings. The van der Waals surface area contributed by atoms with E-state index in [0.717, 1.165) is 0 Å². The average Bonchev–Trinajstić information content (AvgIpc) is 1.83. The molecule has 0 aliphatic carbocycles. The minimum absolute atomic E-state index is 0.602. The van der Waals surface area contributed by atoms with Gasteiger partial charge in [0.15, 0.2) is 0 Å². The number of alkyl halides is 5. The zero-order valence-electron chi connectivity index (χ0n) is 5.21. The lowest BCUT2D eigenvalue weighted by atomic mass is 10.4. The average molecular weight is 195 g/mol. The maximum absolute atomic E-state index is 12.2. The van der Waals surface area contributed by atoms with Crippen LogP contribution in [0.5, 0.6) is 0 Å². The molecule has 0 aromatic rings. The molecule has 66 valence electrons. The van der Waals surface area contributed by atoms with Crippen LogP contribution in [0.3, 0.4) is 0 Å². The fourth-order valence-electron chi connectivity index (χ4n) is 0.244. The molecule has 0 aromatic carbocycles. The molecule has 0 amide bonds. The fraction of sp³-hybridized carbons (Fsp3) is 0.750. The minimum atomic E-state index is -5.46. The van der Waals surface area contributed by atoms with Crippen LogP contribution in [0.1, 0.15) is 0 Å². The molecule has 0 spiro atoms. The molecule has 0 saturated carbocycles. The van der Waals surface area contributed by atoms with Crippen molar-refractivity contribution in [3.8, 4) is 0 Å². The van der Waals surface area contributed by atoms with E-state index in [1.807, 2.05) is 0 Å². The lowest BCUT2D eigenvalue weighted by Gasteiger charge is -2.17. The third-order valence-electron chi connectivity index (χ3n) is 0.798. The van der Waals surface area contributed by atoms with E-state index in [-0.39, 0.29) is 0 Å². The lowest BCUT2D eigenvalue weighted by molar-refractivity contribution is -0.212. The third kappa shape index (κ3) is 1.95. The number of methoxy groups -OCH3 is 1. The number of hydrogen-bond donors (Lipinski definition) is 0. The van der Waals surface area contributed by atoms with Gasteiger partial charge in [-0.25, -0.2) is 9.18 Å². The molecule has 0 rings (SSSR count). The third-order valence-corrected chi connectivity index (χ3v) is 1.17. The van der Waals surface area contributed by atoms with E-state index in [1.54, 1.807) is 0 Å². The van der Waals surface area contributed by atoms with E-state index < -0.39 is 17.3 Å². The van der Waals surface area contributed by atoms with Crippen molar-refractivity contribution < 1.29 is 27.1 Å². The molecule has 0 aromatic heterocycles. The minimum Gasteiger partial charge on any atom is -0.465 e. The number of carbonyl (C=O) groups excluding carboxylic acids is 1. The number of esters is 1. The van der Waals surface area contributed by atoms with Crippen molar-refractivity contribution in [3.05, 3.63) is 0 Å². The van der Waals surface area contributed by atoms with Gasteiger partial charge in [0.25, 0.3) is 0 Å². The van der Waals surface area contributed by atoms with Crippen molar-refractivity contribution in [2.75, 3.05) is 7.11 Å². The lowest BCUT2D eigenvalue weighted by Crippen LogP contribution is -2.43. The first-order valence-corrected chi connectivity index (χ1v) is 2.64. The van der Waals surface area contributed by atoms with Crippen LogP contribution >= 0.6 is 11.6 Å². The second kappa shape index (κ2) is 2.84. The van der Waals surface area contributed by atoms with Gasteiger partial charge in [0, 0.05) is 0 Å². The quantitative estimate of drug-likeness (QED) is 0.360. The molecule has 11 heavy (non-hydrogen) atoms. The van der Waals surface area contributed by atoms with Gasteiger partial charge < -0.3 is 4.74 Å². The number of ether oxygens (including phenoxy) is 1. The van der Waals surface area contributed by atoms with Gasteiger partial charge in [-0.15, -0.1) is 0 Å². The summed E-state index contributed by atoms with van der Waals surface area (Å²) < 4.78 is 50.0. The largest absolute Gasteiger partial charge is 0.465 e. The Hall–Kier alpha value is -0.520. The predicted molar refractivity (Wildman–Crippen MR) is 27.8 cm³/mol. The van der Waals surface area contributed by atoms with Crippen molar-refractivity contribution >= 4 is 17.6 Å². The highest BCUT2D eigenvalue weighted by molar-refractivity contribution is 6.33. The van der Waals surface area contributed by atoms with E-state index in [4.69, 9.17) is 0 Å². The topological polar surface area (TPSA) is 26.3 Å². The number of carbonyl (C=O) groups is 1. The van der Waals surface area contributed by atoms with Crippen molar-refractivity contribution in [1.29, 1.82) is 0 Å². The molecule has 7 heteroatoms. The van der Waals surface area contributed by atoms with Crippen LogP contribution in [-0.2, 0) is 9.53 Å². The summed E-state index contributed by atoms with van der Waals surface area (Å²) in [7, 11) is 0.602. The SMILES string of the molecule is COC(=O)C(F)(Cl)C(F)(F)F. The summed E-state index contributed by atoms with van der Waals surface area (Å²) in [6.45, 7) is 0. The van der Waals surface area contributed by atoms with E-state index in [9.17, 15) is 22.4 Å². The van der Waals surface area contributed by atoms with E-state index in [0.29, 0.717) is 7.11 Å². The fourth-order valence-corrected chi connectivity index (χ4v) is 0.321. The van der Waals surface area contributed by atoms with E-state index >= 15 is 0 Å². The zero-order chi connectivity index (χ0) is 9.28. The first-order chi connectivity index (χ1) is 4.73. The molecule has 0 fully saturated rings. The molecular formula is C4H3ClF4O2. The van der Waals surface area contributed by atoms with Gasteiger partial charge in [0.2, 0.25) is 0 Å². The Morgan fingerprint density at radius 1 is 1.36 bits per heavy atom. The Labute approximate surface area is 64.1 Å². The van der Waals surface area contributed by atoms with Crippen LogP contribution in [0.4, 0.5) is 17.6 Å². The smallest absolute Gasteiger partial charge is 0.448 e. The van der Waals surface area contributed by atoms with Gasteiger partial charge in [0.1, 0.15) is 0 Å². The molecular weight excluding hydrogens is 191 g/mol. The summed E-state index contributed by atoms with van der Waals surface area (Å²) in [5.74, 6) is -2.17. The van der Waals surface area contributed by atoms with Gasteiger partial charge in [-0.3, -0.25) is 0 Å². The maximum Gasteiger partial charge on any atom is 0.448 e.